The highest BCUT2D eigenvalue weighted by atomic mass is 16.2. The van der Waals surface area contributed by atoms with Crippen LogP contribution >= 0.6 is 0 Å². The van der Waals surface area contributed by atoms with E-state index < -0.39 is 0 Å². The number of piperidine rings is 1. The summed E-state index contributed by atoms with van der Waals surface area (Å²) in [5, 5.41) is 3.36. The molecule has 2 saturated heterocycles. The van der Waals surface area contributed by atoms with Crippen LogP contribution in [0.1, 0.15) is 43.7 Å². The Bertz CT molecular complexity index is 428. The molecule has 3 heterocycles. The van der Waals surface area contributed by atoms with Crippen LogP contribution in [-0.2, 0) is 4.79 Å². The van der Waals surface area contributed by atoms with Crippen LogP contribution in [0.15, 0.2) is 24.5 Å². The lowest BCUT2D eigenvalue weighted by Crippen LogP contribution is -2.48. The first-order chi connectivity index (χ1) is 9.36. The average Bonchev–Trinajstić information content (AvgIpc) is 2.98. The molecule has 0 aromatic carbocycles. The Morgan fingerprint density at radius 1 is 1.32 bits per heavy atom. The first kappa shape index (κ1) is 12.6. The molecule has 0 bridgehead atoms. The Kier molecular flexibility index (Phi) is 3.78. The highest BCUT2D eigenvalue weighted by Gasteiger charge is 2.34. The highest BCUT2D eigenvalue weighted by molar-refractivity contribution is 5.82. The maximum absolute atomic E-state index is 12.6. The Balaban J connectivity index is 1.74. The van der Waals surface area contributed by atoms with Crippen LogP contribution in [0.3, 0.4) is 0 Å². The maximum Gasteiger partial charge on any atom is 0.240 e. The van der Waals surface area contributed by atoms with E-state index in [1.807, 2.05) is 12.3 Å². The SMILES string of the molecule is O=C([C@@H]1CCCCN1)N1CCCC1c1cccnc1. The molecule has 2 atom stereocenters. The number of amides is 1. The van der Waals surface area contributed by atoms with Gasteiger partial charge >= 0.3 is 0 Å². The number of pyridine rings is 1. The molecular formula is C15H21N3O. The molecule has 1 unspecified atom stereocenters. The standard InChI is InChI=1S/C15H21N3O/c19-15(13-6-1-2-9-17-13)18-10-4-7-14(18)12-5-3-8-16-11-12/h3,5,8,11,13-14,17H,1-2,4,6-7,9-10H2/t13-,14?/m0/s1. The van der Waals surface area contributed by atoms with Gasteiger partial charge in [-0.3, -0.25) is 9.78 Å². The van der Waals surface area contributed by atoms with Crippen molar-refractivity contribution in [3.8, 4) is 0 Å². The van der Waals surface area contributed by atoms with Crippen molar-refractivity contribution in [2.24, 2.45) is 0 Å². The van der Waals surface area contributed by atoms with E-state index in [-0.39, 0.29) is 18.0 Å². The highest BCUT2D eigenvalue weighted by Crippen LogP contribution is 2.32. The van der Waals surface area contributed by atoms with Gasteiger partial charge in [0.15, 0.2) is 0 Å². The molecule has 4 heteroatoms. The Labute approximate surface area is 114 Å². The molecule has 2 aliphatic heterocycles. The van der Waals surface area contributed by atoms with Crippen LogP contribution in [0.2, 0.25) is 0 Å². The minimum absolute atomic E-state index is 0.0334. The predicted octanol–water partition coefficient (Wildman–Crippen LogP) is 1.89. The summed E-state index contributed by atoms with van der Waals surface area (Å²) in [6.45, 7) is 1.86. The molecule has 0 radical (unpaired) electrons. The summed E-state index contributed by atoms with van der Waals surface area (Å²) in [5.41, 5.74) is 1.17. The molecule has 0 spiro atoms. The number of hydrogen-bond donors (Lipinski definition) is 1. The average molecular weight is 259 g/mol. The van der Waals surface area contributed by atoms with E-state index in [4.69, 9.17) is 0 Å². The zero-order valence-electron chi connectivity index (χ0n) is 11.2. The van der Waals surface area contributed by atoms with Gasteiger partial charge in [-0.25, -0.2) is 0 Å². The molecule has 1 amide bonds. The van der Waals surface area contributed by atoms with Crippen molar-refractivity contribution in [2.45, 2.75) is 44.2 Å². The van der Waals surface area contributed by atoms with E-state index >= 15 is 0 Å². The van der Waals surface area contributed by atoms with Gasteiger partial charge in [0.25, 0.3) is 0 Å². The van der Waals surface area contributed by atoms with E-state index in [2.05, 4.69) is 21.3 Å². The van der Waals surface area contributed by atoms with E-state index in [9.17, 15) is 4.79 Å². The molecular weight excluding hydrogens is 238 g/mol. The van der Waals surface area contributed by atoms with Crippen molar-refractivity contribution >= 4 is 5.91 Å². The second-order valence-electron chi connectivity index (χ2n) is 5.48. The first-order valence-electron chi connectivity index (χ1n) is 7.30. The number of aromatic nitrogens is 1. The molecule has 1 aromatic heterocycles. The Hall–Kier alpha value is -1.42. The topological polar surface area (TPSA) is 45.2 Å². The second-order valence-corrected chi connectivity index (χ2v) is 5.48. The zero-order valence-corrected chi connectivity index (χ0v) is 11.2. The van der Waals surface area contributed by atoms with E-state index in [1.165, 1.54) is 12.0 Å². The van der Waals surface area contributed by atoms with Gasteiger partial charge < -0.3 is 10.2 Å². The van der Waals surface area contributed by atoms with Crippen molar-refractivity contribution in [1.82, 2.24) is 15.2 Å². The number of nitrogens with one attached hydrogen (secondary N) is 1. The third kappa shape index (κ3) is 2.63. The van der Waals surface area contributed by atoms with Crippen molar-refractivity contribution < 1.29 is 4.79 Å². The van der Waals surface area contributed by atoms with Gasteiger partial charge in [-0.05, 0) is 43.9 Å². The van der Waals surface area contributed by atoms with Gasteiger partial charge in [0.1, 0.15) is 0 Å². The molecule has 2 fully saturated rings. The fourth-order valence-electron chi connectivity index (χ4n) is 3.21. The quantitative estimate of drug-likeness (QED) is 0.882. The maximum atomic E-state index is 12.6. The molecule has 2 aliphatic rings. The van der Waals surface area contributed by atoms with Gasteiger partial charge in [0.2, 0.25) is 5.91 Å². The van der Waals surface area contributed by atoms with Crippen molar-refractivity contribution in [3.05, 3.63) is 30.1 Å². The number of hydrogen-bond acceptors (Lipinski definition) is 3. The molecule has 1 aromatic rings. The molecule has 102 valence electrons. The van der Waals surface area contributed by atoms with Crippen molar-refractivity contribution in [2.75, 3.05) is 13.1 Å². The molecule has 0 saturated carbocycles. The summed E-state index contributed by atoms with van der Waals surface area (Å²) >= 11 is 0. The van der Waals surface area contributed by atoms with Crippen LogP contribution in [0.4, 0.5) is 0 Å². The van der Waals surface area contributed by atoms with Crippen molar-refractivity contribution in [3.63, 3.8) is 0 Å². The number of likely N-dealkylation sites (tertiary alicyclic amines) is 1. The minimum atomic E-state index is 0.0334. The lowest BCUT2D eigenvalue weighted by Gasteiger charge is -2.31. The summed E-state index contributed by atoms with van der Waals surface area (Å²) in [6, 6.07) is 4.29. The molecule has 19 heavy (non-hydrogen) atoms. The van der Waals surface area contributed by atoms with Crippen LogP contribution in [0, 0.1) is 0 Å². The third-order valence-electron chi connectivity index (χ3n) is 4.21. The zero-order chi connectivity index (χ0) is 13.1. The number of carbonyl (C=O) groups excluding carboxylic acids is 1. The van der Waals surface area contributed by atoms with Crippen LogP contribution in [-0.4, -0.2) is 34.9 Å². The van der Waals surface area contributed by atoms with Gasteiger partial charge in [0, 0.05) is 18.9 Å². The normalized spacial score (nSPS) is 27.5. The van der Waals surface area contributed by atoms with Crippen molar-refractivity contribution in [1.29, 1.82) is 0 Å². The lowest BCUT2D eigenvalue weighted by molar-refractivity contribution is -0.135. The molecule has 0 aliphatic carbocycles. The summed E-state index contributed by atoms with van der Waals surface area (Å²) < 4.78 is 0. The predicted molar refractivity (Wildman–Crippen MR) is 73.6 cm³/mol. The van der Waals surface area contributed by atoms with Gasteiger partial charge in [0.05, 0.1) is 12.1 Å². The Morgan fingerprint density at radius 2 is 2.26 bits per heavy atom. The summed E-state index contributed by atoms with van der Waals surface area (Å²) in [6.07, 6.45) is 9.17. The summed E-state index contributed by atoms with van der Waals surface area (Å²) in [7, 11) is 0. The molecule has 1 N–H and O–H groups in total. The van der Waals surface area contributed by atoms with E-state index in [1.54, 1.807) is 6.20 Å². The number of nitrogens with zero attached hydrogens (tertiary/aromatic N) is 2. The smallest absolute Gasteiger partial charge is 0.240 e. The van der Waals surface area contributed by atoms with Gasteiger partial charge in [-0.2, -0.15) is 0 Å². The minimum Gasteiger partial charge on any atom is -0.334 e. The van der Waals surface area contributed by atoms with Crippen LogP contribution in [0.25, 0.3) is 0 Å². The van der Waals surface area contributed by atoms with Crippen LogP contribution < -0.4 is 5.32 Å². The molecule has 3 rings (SSSR count). The Morgan fingerprint density at radius 3 is 3.00 bits per heavy atom. The fourth-order valence-corrected chi connectivity index (χ4v) is 3.21. The summed E-state index contributed by atoms with van der Waals surface area (Å²) in [5.74, 6) is 0.283. The van der Waals surface area contributed by atoms with Gasteiger partial charge in [-0.15, -0.1) is 0 Å². The number of carbonyl (C=O) groups is 1. The van der Waals surface area contributed by atoms with Crippen LogP contribution in [0.5, 0.6) is 0 Å². The van der Waals surface area contributed by atoms with E-state index in [0.717, 1.165) is 38.8 Å². The monoisotopic (exact) mass is 259 g/mol. The van der Waals surface area contributed by atoms with E-state index in [0.29, 0.717) is 0 Å². The lowest BCUT2D eigenvalue weighted by atomic mass is 10.0. The third-order valence-corrected chi connectivity index (χ3v) is 4.21. The second kappa shape index (κ2) is 5.70. The largest absolute Gasteiger partial charge is 0.334 e. The number of rotatable bonds is 2. The summed E-state index contributed by atoms with van der Waals surface area (Å²) in [4.78, 5) is 18.9. The fraction of sp³-hybridized carbons (Fsp3) is 0.600. The first-order valence-corrected chi connectivity index (χ1v) is 7.30. The molecule has 4 nitrogen and oxygen atoms in total. The van der Waals surface area contributed by atoms with Gasteiger partial charge in [-0.1, -0.05) is 12.5 Å².